The third-order valence-corrected chi connectivity index (χ3v) is 8.45. The molecule has 4 aromatic rings. The summed E-state index contributed by atoms with van der Waals surface area (Å²) < 4.78 is 48.3. The zero-order valence-corrected chi connectivity index (χ0v) is 23.2. The maximum absolute atomic E-state index is 13.6. The second-order valence-corrected chi connectivity index (χ2v) is 12.0. The van der Waals surface area contributed by atoms with Gasteiger partial charge in [-0.15, -0.1) is 0 Å². The van der Waals surface area contributed by atoms with Gasteiger partial charge in [0.15, 0.2) is 0 Å². The molecule has 1 aliphatic carbocycles. The molecule has 0 radical (unpaired) electrons. The van der Waals surface area contributed by atoms with Crippen LogP contribution in [-0.2, 0) is 16.4 Å². The minimum Gasteiger partial charge on any atom is -0.455 e. The highest BCUT2D eigenvalue weighted by atomic mass is 79.9. The molecule has 38 heavy (non-hydrogen) atoms. The molecule has 0 aliphatic heterocycles. The number of amides is 1. The molecular weight excluding hydrogens is 575 g/mol. The molecule has 3 aromatic carbocycles. The number of furan rings is 1. The van der Waals surface area contributed by atoms with Gasteiger partial charge in [-0.1, -0.05) is 15.9 Å². The predicted octanol–water partition coefficient (Wildman–Crippen LogP) is 5.87. The number of aliphatic hydroxyl groups excluding tert-OH is 1. The van der Waals surface area contributed by atoms with Crippen LogP contribution in [0.4, 0.5) is 15.8 Å². The van der Waals surface area contributed by atoms with Crippen molar-refractivity contribution < 1.29 is 27.1 Å². The van der Waals surface area contributed by atoms with Gasteiger partial charge < -0.3 is 14.8 Å². The molecule has 0 saturated heterocycles. The Kier molecular flexibility index (Phi) is 7.06. The molecule has 0 unspecified atom stereocenters. The molecular formula is C28H26BrFN2O5S. The number of carbonyl (C=O) groups is 1. The molecule has 7 nitrogen and oxygen atoms in total. The average molecular weight is 601 g/mol. The molecule has 0 spiro atoms. The zero-order valence-electron chi connectivity index (χ0n) is 20.8. The van der Waals surface area contributed by atoms with Crippen molar-refractivity contribution in [2.45, 2.75) is 25.2 Å². The second-order valence-electron chi connectivity index (χ2n) is 9.35. The summed E-state index contributed by atoms with van der Waals surface area (Å²) >= 11 is 3.47. The Morgan fingerprint density at radius 2 is 1.87 bits per heavy atom. The van der Waals surface area contributed by atoms with Crippen molar-refractivity contribution in [2.75, 3.05) is 24.2 Å². The van der Waals surface area contributed by atoms with Crippen LogP contribution in [0.2, 0.25) is 0 Å². The first kappa shape index (κ1) is 26.4. The first-order valence-corrected chi connectivity index (χ1v) is 14.7. The van der Waals surface area contributed by atoms with E-state index in [0.29, 0.717) is 39.9 Å². The summed E-state index contributed by atoms with van der Waals surface area (Å²) in [6.45, 7) is -0.0823. The normalized spacial score (nSPS) is 13.6. The van der Waals surface area contributed by atoms with E-state index in [2.05, 4.69) is 21.2 Å². The van der Waals surface area contributed by atoms with Crippen molar-refractivity contribution in [3.8, 4) is 11.3 Å². The van der Waals surface area contributed by atoms with Crippen molar-refractivity contribution in [1.82, 2.24) is 5.32 Å². The highest BCUT2D eigenvalue weighted by Crippen LogP contribution is 2.49. The van der Waals surface area contributed by atoms with Crippen LogP contribution in [0.15, 0.2) is 63.5 Å². The summed E-state index contributed by atoms with van der Waals surface area (Å²) in [6, 6.07) is 14.4. The third-order valence-electron chi connectivity index (χ3n) is 6.61. The van der Waals surface area contributed by atoms with Crippen molar-refractivity contribution in [1.29, 1.82) is 0 Å². The average Bonchev–Trinajstić information content (AvgIpc) is 3.65. The lowest BCUT2D eigenvalue weighted by Crippen LogP contribution is -2.26. The van der Waals surface area contributed by atoms with Gasteiger partial charge in [0, 0.05) is 35.1 Å². The fourth-order valence-electron chi connectivity index (χ4n) is 4.71. The van der Waals surface area contributed by atoms with Gasteiger partial charge in [0.1, 0.15) is 17.2 Å². The lowest BCUT2D eigenvalue weighted by atomic mass is 10.00. The molecule has 5 rings (SSSR count). The Hall–Kier alpha value is -3.21. The van der Waals surface area contributed by atoms with Crippen molar-refractivity contribution in [2.24, 2.45) is 0 Å². The SMILES string of the molecule is CNC(=O)c1c(-c2ccc(F)cc2)oc2cc(N(c3ccc(Br)c(CCO)c3)S(C)(=O)=O)c(C3CC3)cc12. The fraction of sp³-hybridized carbons (Fsp3) is 0.250. The van der Waals surface area contributed by atoms with Gasteiger partial charge in [-0.25, -0.2) is 17.1 Å². The number of aliphatic hydroxyl groups is 1. The molecule has 1 saturated carbocycles. The Morgan fingerprint density at radius 1 is 1.16 bits per heavy atom. The molecule has 0 bridgehead atoms. The number of benzene rings is 3. The number of nitrogens with one attached hydrogen (secondary N) is 1. The van der Waals surface area contributed by atoms with E-state index in [4.69, 9.17) is 4.42 Å². The Balaban J connectivity index is 1.78. The van der Waals surface area contributed by atoms with Crippen LogP contribution in [0.3, 0.4) is 0 Å². The van der Waals surface area contributed by atoms with Crippen LogP contribution < -0.4 is 9.62 Å². The summed E-state index contributed by atoms with van der Waals surface area (Å²) in [7, 11) is -2.28. The van der Waals surface area contributed by atoms with Gasteiger partial charge in [-0.05, 0) is 84.8 Å². The van der Waals surface area contributed by atoms with Crippen molar-refractivity contribution in [3.63, 3.8) is 0 Å². The van der Waals surface area contributed by atoms with E-state index in [9.17, 15) is 22.7 Å². The third kappa shape index (κ3) is 4.95. The number of anilines is 2. The molecule has 1 heterocycles. The van der Waals surface area contributed by atoms with Crippen molar-refractivity contribution in [3.05, 3.63) is 81.6 Å². The molecule has 198 valence electrons. The Labute approximate surface area is 228 Å². The number of nitrogens with zero attached hydrogens (tertiary/aromatic N) is 1. The monoisotopic (exact) mass is 600 g/mol. The van der Waals surface area contributed by atoms with Crippen LogP contribution in [0.1, 0.15) is 40.2 Å². The van der Waals surface area contributed by atoms with Gasteiger partial charge in [-0.3, -0.25) is 4.79 Å². The standard InChI is InChI=1S/C28H26BrFN2O5S/c1-31-28(34)26-22-14-21(16-3-4-16)24(15-25(22)37-27(26)17-5-7-19(30)8-6-17)32(38(2,35)36)20-9-10-23(29)18(13-20)11-12-33/h5-10,13-16,33H,3-4,11-12H2,1-2H3,(H,31,34). The van der Waals surface area contributed by atoms with Gasteiger partial charge >= 0.3 is 0 Å². The minimum absolute atomic E-state index is 0.0823. The first-order valence-electron chi connectivity index (χ1n) is 12.1. The quantitative estimate of drug-likeness (QED) is 0.263. The summed E-state index contributed by atoms with van der Waals surface area (Å²) in [5.41, 5.74) is 3.61. The van der Waals surface area contributed by atoms with Crippen molar-refractivity contribution >= 4 is 54.2 Å². The Bertz CT molecular complexity index is 1650. The second kappa shape index (κ2) is 10.2. The zero-order chi connectivity index (χ0) is 27.2. The number of fused-ring (bicyclic) bond motifs is 1. The van der Waals surface area contributed by atoms with E-state index in [0.717, 1.165) is 34.7 Å². The van der Waals surface area contributed by atoms with Gasteiger partial charge in [-0.2, -0.15) is 0 Å². The summed E-state index contributed by atoms with van der Waals surface area (Å²) in [4.78, 5) is 13.0. The highest BCUT2D eigenvalue weighted by Gasteiger charge is 2.34. The molecule has 1 amide bonds. The molecule has 1 aromatic heterocycles. The molecule has 10 heteroatoms. The lowest BCUT2D eigenvalue weighted by Gasteiger charge is -2.26. The Morgan fingerprint density at radius 3 is 2.47 bits per heavy atom. The van der Waals surface area contributed by atoms with E-state index >= 15 is 0 Å². The smallest absolute Gasteiger partial charge is 0.255 e. The summed E-state index contributed by atoms with van der Waals surface area (Å²) in [6.07, 6.45) is 3.29. The van der Waals surface area contributed by atoms with E-state index in [1.807, 2.05) is 6.07 Å². The van der Waals surface area contributed by atoms with Gasteiger partial charge in [0.05, 0.1) is 23.2 Å². The maximum atomic E-state index is 13.6. The molecule has 1 fully saturated rings. The summed E-state index contributed by atoms with van der Waals surface area (Å²) in [5.74, 6) is -0.367. The number of rotatable bonds is 8. The topological polar surface area (TPSA) is 99.8 Å². The predicted molar refractivity (Wildman–Crippen MR) is 149 cm³/mol. The van der Waals surface area contributed by atoms with E-state index in [-0.39, 0.29) is 24.2 Å². The maximum Gasteiger partial charge on any atom is 0.255 e. The number of sulfonamides is 1. The van der Waals surface area contributed by atoms with Crippen LogP contribution in [0, 0.1) is 5.82 Å². The fourth-order valence-corrected chi connectivity index (χ4v) is 6.17. The summed E-state index contributed by atoms with van der Waals surface area (Å²) in [5, 5.41) is 12.7. The van der Waals surface area contributed by atoms with Gasteiger partial charge in [0.25, 0.3) is 5.91 Å². The number of carbonyl (C=O) groups excluding carboxylic acids is 1. The van der Waals surface area contributed by atoms with Crippen LogP contribution >= 0.6 is 15.9 Å². The first-order chi connectivity index (χ1) is 18.1. The van der Waals surface area contributed by atoms with E-state index < -0.39 is 15.8 Å². The molecule has 1 aliphatic rings. The number of hydrogen-bond donors (Lipinski definition) is 2. The van der Waals surface area contributed by atoms with Crippen LogP contribution in [0.5, 0.6) is 0 Å². The van der Waals surface area contributed by atoms with Gasteiger partial charge in [0.2, 0.25) is 10.0 Å². The molecule has 2 N–H and O–H groups in total. The number of hydrogen-bond acceptors (Lipinski definition) is 5. The molecule has 0 atom stereocenters. The largest absolute Gasteiger partial charge is 0.455 e. The van der Waals surface area contributed by atoms with Crippen LogP contribution in [-0.4, -0.2) is 39.3 Å². The highest BCUT2D eigenvalue weighted by molar-refractivity contribution is 9.10. The minimum atomic E-state index is -3.80. The number of halogens is 2. The van der Waals surface area contributed by atoms with E-state index in [1.165, 1.54) is 35.6 Å². The lowest BCUT2D eigenvalue weighted by molar-refractivity contribution is 0.0964. The van der Waals surface area contributed by atoms with E-state index in [1.54, 1.807) is 24.3 Å². The van der Waals surface area contributed by atoms with Crippen LogP contribution in [0.25, 0.3) is 22.3 Å².